The van der Waals surface area contributed by atoms with Crippen molar-refractivity contribution < 1.29 is 4.42 Å². The number of furan rings is 1. The molecule has 12 rings (SSSR count). The van der Waals surface area contributed by atoms with Gasteiger partial charge < -0.3 is 4.42 Å². The van der Waals surface area contributed by atoms with Crippen molar-refractivity contribution in [2.75, 3.05) is 0 Å². The van der Waals surface area contributed by atoms with E-state index in [2.05, 4.69) is 152 Å². The molecule has 54 heavy (non-hydrogen) atoms. The quantitative estimate of drug-likeness (QED) is 0.183. The molecule has 0 amide bonds. The second-order valence-corrected chi connectivity index (χ2v) is 14.9. The van der Waals surface area contributed by atoms with E-state index in [0.717, 1.165) is 72.0 Å². The molecule has 4 nitrogen and oxygen atoms in total. The third kappa shape index (κ3) is 4.27. The normalized spacial score (nSPS) is 12.1. The van der Waals surface area contributed by atoms with Crippen LogP contribution in [-0.2, 0) is 0 Å². The van der Waals surface area contributed by atoms with Gasteiger partial charge in [-0.25, -0.2) is 15.0 Å². The number of thiophene rings is 1. The van der Waals surface area contributed by atoms with Crippen LogP contribution in [0.25, 0.3) is 120 Å². The largest absolute Gasteiger partial charge is 0.455 e. The summed E-state index contributed by atoms with van der Waals surface area (Å²) in [4.78, 5) is 15.9. The molecule has 1 aliphatic rings. The summed E-state index contributed by atoms with van der Waals surface area (Å²) in [5.74, 6) is 1.93. The summed E-state index contributed by atoms with van der Waals surface area (Å²) in [6.45, 7) is 0. The van der Waals surface area contributed by atoms with E-state index in [-0.39, 0.29) is 0 Å². The number of hydrogen-bond acceptors (Lipinski definition) is 5. The Labute approximate surface area is 313 Å². The average Bonchev–Trinajstić information content (AvgIpc) is 3.92. The molecule has 0 aliphatic heterocycles. The molecule has 0 bridgehead atoms. The van der Waals surface area contributed by atoms with Crippen molar-refractivity contribution in [2.24, 2.45) is 0 Å². The standard InChI is InChI=1S/C49H27N3OS/c1-2-12-28(13-3-1)29-14-8-16-31(26-29)47-50-48(52-49(51-47)38-23-10-19-34-33-18-5-7-25-41(33)54-46(34)38)37-22-11-21-36-43(37)35-20-9-15-30-27-39-32-17-4-6-24-40(32)53-45(39)44(36)42(30)35/h1-27H. The summed E-state index contributed by atoms with van der Waals surface area (Å²) in [6.07, 6.45) is 0. The Bertz CT molecular complexity index is 3340. The van der Waals surface area contributed by atoms with Gasteiger partial charge in [-0.15, -0.1) is 11.3 Å². The molecule has 0 saturated carbocycles. The van der Waals surface area contributed by atoms with Crippen molar-refractivity contribution in [1.29, 1.82) is 0 Å². The molecule has 0 radical (unpaired) electrons. The maximum Gasteiger partial charge on any atom is 0.165 e. The van der Waals surface area contributed by atoms with Crippen molar-refractivity contribution in [3.63, 3.8) is 0 Å². The second-order valence-electron chi connectivity index (χ2n) is 13.9. The first-order valence-corrected chi connectivity index (χ1v) is 18.9. The van der Waals surface area contributed by atoms with E-state index in [1.165, 1.54) is 30.9 Å². The minimum absolute atomic E-state index is 0.636. The topological polar surface area (TPSA) is 51.8 Å². The van der Waals surface area contributed by atoms with Crippen LogP contribution in [0.5, 0.6) is 0 Å². The number of hydrogen-bond donors (Lipinski definition) is 0. The van der Waals surface area contributed by atoms with E-state index in [9.17, 15) is 0 Å². The maximum absolute atomic E-state index is 6.65. The fraction of sp³-hybridized carbons (Fsp3) is 0. The van der Waals surface area contributed by atoms with Crippen LogP contribution in [0.4, 0.5) is 0 Å². The fourth-order valence-corrected chi connectivity index (χ4v) is 9.68. The summed E-state index contributed by atoms with van der Waals surface area (Å²) < 4.78 is 9.06. The molecule has 0 unspecified atom stereocenters. The summed E-state index contributed by atoms with van der Waals surface area (Å²) in [6, 6.07) is 57.7. The van der Waals surface area contributed by atoms with Gasteiger partial charge >= 0.3 is 0 Å². The van der Waals surface area contributed by atoms with Crippen LogP contribution in [0.15, 0.2) is 168 Å². The van der Waals surface area contributed by atoms with Crippen LogP contribution >= 0.6 is 11.3 Å². The summed E-state index contributed by atoms with van der Waals surface area (Å²) in [7, 11) is 0. The zero-order valence-corrected chi connectivity index (χ0v) is 29.6. The molecule has 11 aromatic rings. The molecule has 8 aromatic carbocycles. The Hall–Kier alpha value is -6.95. The third-order valence-electron chi connectivity index (χ3n) is 10.9. The molecule has 0 saturated heterocycles. The van der Waals surface area contributed by atoms with Crippen molar-refractivity contribution >= 4 is 64.2 Å². The van der Waals surface area contributed by atoms with E-state index in [4.69, 9.17) is 19.4 Å². The van der Waals surface area contributed by atoms with Crippen LogP contribution in [0.2, 0.25) is 0 Å². The van der Waals surface area contributed by atoms with Gasteiger partial charge in [-0.3, -0.25) is 0 Å². The van der Waals surface area contributed by atoms with E-state index >= 15 is 0 Å². The molecule has 0 fully saturated rings. The highest BCUT2D eigenvalue weighted by Crippen LogP contribution is 2.54. The molecular weight excluding hydrogens is 679 g/mol. The molecule has 1 aliphatic carbocycles. The number of nitrogens with zero attached hydrogens (tertiary/aromatic N) is 3. The number of rotatable bonds is 4. The van der Waals surface area contributed by atoms with E-state index in [0.29, 0.717) is 17.5 Å². The highest BCUT2D eigenvalue weighted by Gasteiger charge is 2.30. The Kier molecular flexibility index (Phi) is 6.18. The van der Waals surface area contributed by atoms with Gasteiger partial charge in [0.1, 0.15) is 11.2 Å². The van der Waals surface area contributed by atoms with Crippen LogP contribution in [0.1, 0.15) is 0 Å². The first kappa shape index (κ1) is 29.6. The fourth-order valence-electron chi connectivity index (χ4n) is 8.47. The molecule has 3 aromatic heterocycles. The van der Waals surface area contributed by atoms with E-state index < -0.39 is 0 Å². The molecule has 250 valence electrons. The van der Waals surface area contributed by atoms with Gasteiger partial charge in [-0.1, -0.05) is 133 Å². The number of para-hydroxylation sites is 1. The highest BCUT2D eigenvalue weighted by molar-refractivity contribution is 7.26. The van der Waals surface area contributed by atoms with Crippen molar-refractivity contribution in [2.45, 2.75) is 0 Å². The van der Waals surface area contributed by atoms with Crippen LogP contribution in [0.3, 0.4) is 0 Å². The predicted octanol–water partition coefficient (Wildman–Crippen LogP) is 13.6. The van der Waals surface area contributed by atoms with Gasteiger partial charge in [0.2, 0.25) is 0 Å². The zero-order valence-electron chi connectivity index (χ0n) is 28.7. The molecule has 5 heteroatoms. The zero-order chi connectivity index (χ0) is 35.3. The summed E-state index contributed by atoms with van der Waals surface area (Å²) >= 11 is 1.79. The van der Waals surface area contributed by atoms with Crippen molar-refractivity contribution in [3.8, 4) is 67.5 Å². The lowest BCUT2D eigenvalue weighted by Gasteiger charge is -2.13. The molecule has 0 N–H and O–H groups in total. The number of benzene rings is 8. The van der Waals surface area contributed by atoms with Crippen molar-refractivity contribution in [1.82, 2.24) is 15.0 Å². The minimum atomic E-state index is 0.636. The first-order chi connectivity index (χ1) is 26.8. The predicted molar refractivity (Wildman–Crippen MR) is 224 cm³/mol. The Balaban J connectivity index is 1.13. The Morgan fingerprint density at radius 2 is 1.06 bits per heavy atom. The van der Waals surface area contributed by atoms with Gasteiger partial charge in [-0.05, 0) is 58.0 Å². The maximum atomic E-state index is 6.65. The third-order valence-corrected chi connectivity index (χ3v) is 12.1. The first-order valence-electron chi connectivity index (χ1n) is 18.1. The summed E-state index contributed by atoms with van der Waals surface area (Å²) in [5, 5.41) is 7.10. The lowest BCUT2D eigenvalue weighted by Crippen LogP contribution is -2.01. The van der Waals surface area contributed by atoms with Gasteiger partial charge in [0.25, 0.3) is 0 Å². The lowest BCUT2D eigenvalue weighted by molar-refractivity contribution is 0.670. The molecular formula is C49H27N3OS. The van der Waals surface area contributed by atoms with Gasteiger partial charge in [-0.2, -0.15) is 0 Å². The van der Waals surface area contributed by atoms with Crippen molar-refractivity contribution in [3.05, 3.63) is 164 Å². The van der Waals surface area contributed by atoms with Crippen LogP contribution in [0, 0.1) is 0 Å². The average molecular weight is 706 g/mol. The van der Waals surface area contributed by atoms with Gasteiger partial charge in [0.15, 0.2) is 17.5 Å². The smallest absolute Gasteiger partial charge is 0.165 e. The molecule has 0 atom stereocenters. The SMILES string of the molecule is c1ccc(-c2cccc(-c3nc(-c4cccc5c4-c4cccc6cc7c(oc8ccccc87)c-5c46)nc(-c4cccc5c4sc4ccccc45)n3)c2)cc1. The van der Waals surface area contributed by atoms with Gasteiger partial charge in [0, 0.05) is 64.1 Å². The minimum Gasteiger partial charge on any atom is -0.455 e. The second kappa shape index (κ2) is 11.3. The monoisotopic (exact) mass is 705 g/mol. The number of fused-ring (bicyclic) bond motifs is 10. The number of aromatic nitrogens is 3. The summed E-state index contributed by atoms with van der Waals surface area (Å²) in [5.41, 5.74) is 11.5. The van der Waals surface area contributed by atoms with E-state index in [1.807, 2.05) is 12.1 Å². The molecule has 3 heterocycles. The Morgan fingerprint density at radius 1 is 0.407 bits per heavy atom. The van der Waals surface area contributed by atoms with Crippen LogP contribution in [-0.4, -0.2) is 15.0 Å². The van der Waals surface area contributed by atoms with Crippen LogP contribution < -0.4 is 0 Å². The lowest BCUT2D eigenvalue weighted by atomic mass is 9.97. The van der Waals surface area contributed by atoms with E-state index in [1.54, 1.807) is 11.3 Å². The molecule has 0 spiro atoms. The van der Waals surface area contributed by atoms with Gasteiger partial charge in [0.05, 0.1) is 0 Å². The highest BCUT2D eigenvalue weighted by atomic mass is 32.1. The Morgan fingerprint density at radius 3 is 1.98 bits per heavy atom.